The fourth-order valence-electron chi connectivity index (χ4n) is 10.9. The Kier molecular flexibility index (Phi) is 31.7. The molecule has 0 radical (unpaired) electrons. The van der Waals surface area contributed by atoms with E-state index in [1.54, 1.807) is 54.5 Å². The van der Waals surface area contributed by atoms with Crippen molar-refractivity contribution < 1.29 is 57.8 Å². The molecule has 1 aliphatic heterocycles. The number of aliphatic hydroxyl groups is 1. The molecule has 1 fully saturated rings. The van der Waals surface area contributed by atoms with Crippen LogP contribution in [0.15, 0.2) is 12.2 Å². The molecule has 1 heterocycles. The molecule has 0 aromatic carbocycles. The van der Waals surface area contributed by atoms with Crippen LogP contribution in [0.4, 0.5) is 0 Å². The second-order valence-electron chi connectivity index (χ2n) is 26.5. The zero-order valence-corrected chi connectivity index (χ0v) is 56.9. The van der Waals surface area contributed by atoms with Gasteiger partial charge in [0.2, 0.25) is 65.0 Å². The van der Waals surface area contributed by atoms with Crippen LogP contribution < -0.4 is 21.3 Å². The number of likely N-dealkylation sites (N-methyl/N-ethyl adjacent to an activating group) is 7. The van der Waals surface area contributed by atoms with E-state index in [4.69, 9.17) is 0 Å². The number of nitrogens with one attached hydrogen (secondary N) is 4. The maximum Gasteiger partial charge on any atom is 0.246 e. The van der Waals surface area contributed by atoms with Crippen LogP contribution in [0.5, 0.6) is 0 Å². The molecule has 23 nitrogen and oxygen atoms in total. The molecule has 0 aliphatic carbocycles. The second kappa shape index (κ2) is 35.0. The van der Waals surface area contributed by atoms with Gasteiger partial charge in [-0.05, 0) is 108 Å². The predicted octanol–water partition coefficient (Wildman–Crippen LogP) is 3.66. The lowest BCUT2D eigenvalue weighted by Crippen LogP contribution is -2.64. The van der Waals surface area contributed by atoms with Gasteiger partial charge in [0.1, 0.15) is 66.5 Å². The van der Waals surface area contributed by atoms with E-state index in [0.29, 0.717) is 6.42 Å². The van der Waals surface area contributed by atoms with Crippen molar-refractivity contribution in [3.8, 4) is 0 Å². The van der Waals surface area contributed by atoms with E-state index in [1.807, 2.05) is 61.5 Å². The number of aliphatic hydroxyl groups excluding tert-OH is 1. The van der Waals surface area contributed by atoms with Gasteiger partial charge in [0, 0.05) is 49.3 Å². The van der Waals surface area contributed by atoms with Gasteiger partial charge in [0.25, 0.3) is 0 Å². The Morgan fingerprint density at radius 2 is 0.814 bits per heavy atom. The highest BCUT2D eigenvalue weighted by Crippen LogP contribution is 2.26. The first-order chi connectivity index (χ1) is 39.6. The maximum atomic E-state index is 15.2. The van der Waals surface area contributed by atoms with Gasteiger partial charge in [-0.15, -0.1) is 0 Å². The van der Waals surface area contributed by atoms with Crippen LogP contribution in [-0.2, 0) is 52.7 Å². The summed E-state index contributed by atoms with van der Waals surface area (Å²) < 4.78 is 0. The first-order valence-electron chi connectivity index (χ1n) is 31.0. The quantitative estimate of drug-likeness (QED) is 0.147. The van der Waals surface area contributed by atoms with Crippen LogP contribution in [0.2, 0.25) is 0 Å². The summed E-state index contributed by atoms with van der Waals surface area (Å²) in [5, 5.41) is 23.1. The Labute approximate surface area is 515 Å². The van der Waals surface area contributed by atoms with Crippen LogP contribution in [0.1, 0.15) is 163 Å². The molecule has 0 spiro atoms. The van der Waals surface area contributed by atoms with Crippen molar-refractivity contribution in [3.63, 3.8) is 0 Å². The molecule has 11 amide bonds. The van der Waals surface area contributed by atoms with Gasteiger partial charge >= 0.3 is 0 Å². The summed E-state index contributed by atoms with van der Waals surface area (Å²) in [7, 11) is 9.95. The minimum absolute atomic E-state index is 0.0156. The highest BCUT2D eigenvalue weighted by atomic mass is 16.3. The summed E-state index contributed by atoms with van der Waals surface area (Å²) in [6, 6.07) is -13.6. The molecule has 0 bridgehead atoms. The Morgan fingerprint density at radius 1 is 0.419 bits per heavy atom. The monoisotopic (exact) mass is 1220 g/mol. The van der Waals surface area contributed by atoms with Crippen molar-refractivity contribution in [2.75, 3.05) is 49.3 Å². The van der Waals surface area contributed by atoms with Gasteiger partial charge in [-0.25, -0.2) is 0 Å². The maximum absolute atomic E-state index is 15.2. The number of allylic oxidation sites excluding steroid dienone is 2. The summed E-state index contributed by atoms with van der Waals surface area (Å²) in [5.74, 6) is -9.74. The topological polar surface area (TPSA) is 279 Å². The lowest BCUT2D eigenvalue weighted by molar-refractivity contribution is -0.157. The first kappa shape index (κ1) is 77.9. The number of rotatable bonds is 15. The van der Waals surface area contributed by atoms with Gasteiger partial charge in [-0.3, -0.25) is 52.7 Å². The highest BCUT2D eigenvalue weighted by molar-refractivity contribution is 6.00. The Morgan fingerprint density at radius 3 is 1.24 bits per heavy atom. The summed E-state index contributed by atoms with van der Waals surface area (Å²) in [4.78, 5) is 170. The molecule has 4 unspecified atom stereocenters. The summed E-state index contributed by atoms with van der Waals surface area (Å²) in [6.45, 7) is 31.4. The average Bonchev–Trinajstić information content (AvgIpc) is 2.82. The molecule has 86 heavy (non-hydrogen) atoms. The van der Waals surface area contributed by atoms with E-state index in [-0.39, 0.29) is 55.8 Å². The average molecular weight is 1220 g/mol. The molecular weight excluding hydrogens is 1100 g/mol. The smallest absolute Gasteiger partial charge is 0.246 e. The predicted molar refractivity (Wildman–Crippen MR) is 333 cm³/mol. The molecule has 5 N–H and O–H groups in total. The fourth-order valence-corrected chi connectivity index (χ4v) is 10.9. The van der Waals surface area contributed by atoms with Gasteiger partial charge in [-0.1, -0.05) is 109 Å². The Hall–Kier alpha value is -6.13. The number of carbonyl (C=O) groups is 11. The molecule has 13 atom stereocenters. The van der Waals surface area contributed by atoms with Gasteiger partial charge in [0.05, 0.1) is 6.10 Å². The number of hydrogen-bond acceptors (Lipinski definition) is 12. The third-order valence-corrected chi connectivity index (χ3v) is 16.6. The minimum atomic E-state index is -1.62. The van der Waals surface area contributed by atoms with E-state index in [9.17, 15) is 48.3 Å². The van der Waals surface area contributed by atoms with Crippen molar-refractivity contribution in [1.29, 1.82) is 0 Å². The SMILES string of the molecule is C/C=C/C[C@@H](C)C(O)C1C(=O)N[C@@H](CC)C(=O)N(C)C(C)C(=O)N(C)[C@@H](CC(C)C)C(=O)N[C@@H](C(C)C)C(=O)N(C)[C@@H](CC(C)C)C(=O)NC(C)C(=O)N[C@H](C)C(=O)N(C)[C@@H](CC(C)C)C(=O)N(C)[C@@H](CC(C)C)C(=O)N(C)[C@@H](C(C)C)C(=O)N1C. The van der Waals surface area contributed by atoms with Crippen LogP contribution in [0.25, 0.3) is 0 Å². The molecule has 0 aromatic rings. The van der Waals surface area contributed by atoms with E-state index in [0.717, 1.165) is 9.80 Å². The Bertz CT molecular complexity index is 2360. The lowest BCUT2D eigenvalue weighted by Gasteiger charge is -2.41. The standard InChI is InChI=1S/C63H113N11O12/c1-26-28-29-40(15)52(75)51-56(79)66-44(27-2)59(82)68(19)43(18)58(81)69(20)46(31-35(5)6)55(78)67-49(38(11)12)62(85)70(21)45(30-34(3)4)54(77)64-41(16)53(76)65-42(17)57(80)71(22)47(32-36(7)8)60(83)72(23)48(33-37(9)10)61(84)73(24)50(39(13)14)63(86)74(51)25/h26,28,34-52,75H,27,29-33H2,1-25H3,(H,64,77)(H,65,76)(H,66,79)(H,67,78)/b28-26+/t40-,41?,42-,43?,44+,45+,46+,47+,48+,49+,50+,51?,52?/m1/s1. The third-order valence-electron chi connectivity index (χ3n) is 16.6. The van der Waals surface area contributed by atoms with Gasteiger partial charge in [-0.2, -0.15) is 0 Å². The zero-order chi connectivity index (χ0) is 66.8. The summed E-state index contributed by atoms with van der Waals surface area (Å²) in [6.07, 6.45) is 3.02. The number of hydrogen-bond donors (Lipinski definition) is 5. The van der Waals surface area contributed by atoms with Crippen molar-refractivity contribution in [2.24, 2.45) is 41.4 Å². The molecule has 1 rings (SSSR count). The van der Waals surface area contributed by atoms with E-state index in [1.165, 1.54) is 94.6 Å². The van der Waals surface area contributed by atoms with Crippen LogP contribution in [0.3, 0.4) is 0 Å². The number of nitrogens with zero attached hydrogens (tertiary/aromatic N) is 7. The lowest BCUT2D eigenvalue weighted by atomic mass is 9.91. The number of carbonyl (C=O) groups excluding carboxylic acids is 11. The molecule has 0 saturated carbocycles. The normalized spacial score (nSPS) is 27.6. The largest absolute Gasteiger partial charge is 0.390 e. The molecule has 1 aliphatic rings. The zero-order valence-electron chi connectivity index (χ0n) is 56.9. The molecule has 492 valence electrons. The van der Waals surface area contributed by atoms with Crippen LogP contribution in [0, 0.1) is 41.4 Å². The van der Waals surface area contributed by atoms with Gasteiger partial charge in [0.15, 0.2) is 0 Å². The van der Waals surface area contributed by atoms with Gasteiger partial charge < -0.3 is 60.7 Å². The summed E-state index contributed by atoms with van der Waals surface area (Å²) >= 11 is 0. The van der Waals surface area contributed by atoms with Crippen molar-refractivity contribution in [2.45, 2.75) is 236 Å². The number of amides is 11. The Balaban J connectivity index is 4.37. The summed E-state index contributed by atoms with van der Waals surface area (Å²) in [5.41, 5.74) is 0. The van der Waals surface area contributed by atoms with Crippen molar-refractivity contribution in [3.05, 3.63) is 12.2 Å². The second-order valence-corrected chi connectivity index (χ2v) is 26.5. The fraction of sp³-hybridized carbons (Fsp3) is 0.794. The molecule has 23 heteroatoms. The van der Waals surface area contributed by atoms with Crippen LogP contribution in [-0.4, -0.2) is 226 Å². The van der Waals surface area contributed by atoms with Crippen molar-refractivity contribution >= 4 is 65.0 Å². The molecule has 1 saturated heterocycles. The molecular formula is C63H113N11O12. The highest BCUT2D eigenvalue weighted by Gasteiger charge is 2.46. The van der Waals surface area contributed by atoms with E-state index in [2.05, 4.69) is 21.3 Å². The van der Waals surface area contributed by atoms with E-state index < -0.39 is 155 Å². The minimum Gasteiger partial charge on any atom is -0.390 e. The first-order valence-corrected chi connectivity index (χ1v) is 31.0. The van der Waals surface area contributed by atoms with Crippen molar-refractivity contribution in [1.82, 2.24) is 55.6 Å². The third kappa shape index (κ3) is 21.0. The van der Waals surface area contributed by atoms with Crippen LogP contribution >= 0.6 is 0 Å². The van der Waals surface area contributed by atoms with E-state index >= 15 is 9.59 Å². The molecule has 0 aromatic heterocycles.